The summed E-state index contributed by atoms with van der Waals surface area (Å²) >= 11 is 0. The Morgan fingerprint density at radius 2 is 1.83 bits per heavy atom. The first kappa shape index (κ1) is 10.9. The van der Waals surface area contributed by atoms with Crippen LogP contribution in [0, 0.1) is 5.41 Å². The second kappa shape index (κ2) is 4.70. The topological polar surface area (TPSA) is 12.4 Å². The first-order chi connectivity index (χ1) is 5.52. The molecule has 0 radical (unpaired) electrons. The number of aliphatic imine (C=N–C) groups is 1. The Morgan fingerprint density at radius 3 is 2.17 bits per heavy atom. The minimum atomic E-state index is 0.112. The zero-order valence-electron chi connectivity index (χ0n) is 8.17. The molecule has 0 amide bonds. The highest BCUT2D eigenvalue weighted by molar-refractivity contribution is 5.81. The van der Waals surface area contributed by atoms with Crippen LogP contribution in [0.1, 0.15) is 20.8 Å². The van der Waals surface area contributed by atoms with E-state index in [1.165, 1.54) is 6.20 Å². The number of hydrogen-bond acceptors (Lipinski definition) is 1. The molecule has 0 aliphatic rings. The molecule has 0 aromatic rings. The van der Waals surface area contributed by atoms with Gasteiger partial charge in [0.2, 0.25) is 0 Å². The third kappa shape index (κ3) is 3.91. The quantitative estimate of drug-likeness (QED) is 0.447. The van der Waals surface area contributed by atoms with Gasteiger partial charge in [-0.2, -0.15) is 0 Å². The van der Waals surface area contributed by atoms with Gasteiger partial charge in [0.05, 0.1) is 0 Å². The van der Waals surface area contributed by atoms with Crippen LogP contribution in [0.3, 0.4) is 0 Å². The van der Waals surface area contributed by atoms with Crippen molar-refractivity contribution >= 4 is 6.21 Å². The molecule has 0 fully saturated rings. The van der Waals surface area contributed by atoms with Gasteiger partial charge in [0.25, 0.3) is 0 Å². The molecule has 1 nitrogen and oxygen atoms in total. The Morgan fingerprint density at radius 1 is 1.25 bits per heavy atom. The minimum Gasteiger partial charge on any atom is -0.265 e. The first-order valence-electron chi connectivity index (χ1n) is 3.99. The lowest BCUT2D eigenvalue weighted by atomic mass is 9.87. The van der Waals surface area contributed by atoms with Crippen LogP contribution in [0.15, 0.2) is 42.1 Å². The molecule has 12 heavy (non-hydrogen) atoms. The number of nitrogens with zero attached hydrogens (tertiary/aromatic N) is 1. The van der Waals surface area contributed by atoms with E-state index in [0.717, 1.165) is 5.57 Å². The van der Waals surface area contributed by atoms with Crippen LogP contribution in [0.25, 0.3) is 0 Å². The van der Waals surface area contributed by atoms with E-state index in [1.807, 2.05) is 12.3 Å². The smallest absolute Gasteiger partial charge is 0.0304 e. The van der Waals surface area contributed by atoms with E-state index in [-0.39, 0.29) is 5.41 Å². The van der Waals surface area contributed by atoms with Crippen molar-refractivity contribution in [2.45, 2.75) is 20.8 Å². The molecule has 0 N–H and O–H groups in total. The summed E-state index contributed by atoms with van der Waals surface area (Å²) in [5, 5.41) is 0. The van der Waals surface area contributed by atoms with E-state index >= 15 is 0 Å². The van der Waals surface area contributed by atoms with Crippen LogP contribution >= 0.6 is 0 Å². The Kier molecular flexibility index (Phi) is 4.27. The number of allylic oxidation sites excluding steroid dienone is 3. The molecule has 0 saturated heterocycles. The van der Waals surface area contributed by atoms with E-state index in [1.54, 1.807) is 6.08 Å². The lowest BCUT2D eigenvalue weighted by Gasteiger charge is -2.18. The SMILES string of the molecule is C=C/C=C(\C=NC=C)C(C)(C)C. The molecule has 0 atom stereocenters. The highest BCUT2D eigenvalue weighted by Crippen LogP contribution is 2.23. The Labute approximate surface area is 75.2 Å². The van der Waals surface area contributed by atoms with Crippen LogP contribution in [0.4, 0.5) is 0 Å². The third-order valence-corrected chi connectivity index (χ3v) is 1.48. The van der Waals surface area contributed by atoms with Crippen molar-refractivity contribution in [1.82, 2.24) is 0 Å². The van der Waals surface area contributed by atoms with Crippen molar-refractivity contribution in [1.29, 1.82) is 0 Å². The fraction of sp³-hybridized carbons (Fsp3) is 0.364. The van der Waals surface area contributed by atoms with Crippen LogP contribution in [0.5, 0.6) is 0 Å². The summed E-state index contributed by atoms with van der Waals surface area (Å²) in [5.41, 5.74) is 1.26. The molecule has 0 rings (SSSR count). The Balaban J connectivity index is 4.68. The maximum absolute atomic E-state index is 3.98. The molecule has 0 aromatic carbocycles. The molecular formula is C11H17N. The van der Waals surface area contributed by atoms with Crippen LogP contribution < -0.4 is 0 Å². The van der Waals surface area contributed by atoms with E-state index in [2.05, 4.69) is 38.9 Å². The van der Waals surface area contributed by atoms with E-state index in [4.69, 9.17) is 0 Å². The summed E-state index contributed by atoms with van der Waals surface area (Å²) in [6.07, 6.45) is 7.08. The predicted molar refractivity (Wildman–Crippen MR) is 56.4 cm³/mol. The van der Waals surface area contributed by atoms with Gasteiger partial charge in [0.15, 0.2) is 0 Å². The molecule has 0 saturated carbocycles. The zero-order valence-corrected chi connectivity index (χ0v) is 8.17. The van der Waals surface area contributed by atoms with Gasteiger partial charge in [-0.25, -0.2) is 0 Å². The fourth-order valence-corrected chi connectivity index (χ4v) is 0.747. The van der Waals surface area contributed by atoms with Gasteiger partial charge >= 0.3 is 0 Å². The van der Waals surface area contributed by atoms with Crippen molar-refractivity contribution in [2.75, 3.05) is 0 Å². The Hall–Kier alpha value is -1.11. The molecule has 1 heteroatoms. The second-order valence-electron chi connectivity index (χ2n) is 3.57. The molecule has 0 heterocycles. The summed E-state index contributed by atoms with van der Waals surface area (Å²) in [7, 11) is 0. The highest BCUT2D eigenvalue weighted by atomic mass is 14.7. The summed E-state index contributed by atoms with van der Waals surface area (Å²) in [4.78, 5) is 3.98. The van der Waals surface area contributed by atoms with Crippen molar-refractivity contribution in [2.24, 2.45) is 10.4 Å². The Bertz CT molecular complexity index is 214. The summed E-state index contributed by atoms with van der Waals surface area (Å²) in [5.74, 6) is 0. The van der Waals surface area contributed by atoms with Crippen molar-refractivity contribution in [3.8, 4) is 0 Å². The molecule has 0 spiro atoms. The molecule has 66 valence electrons. The van der Waals surface area contributed by atoms with Gasteiger partial charge in [-0.15, -0.1) is 0 Å². The number of rotatable bonds is 3. The van der Waals surface area contributed by atoms with Crippen molar-refractivity contribution in [3.63, 3.8) is 0 Å². The summed E-state index contributed by atoms with van der Waals surface area (Å²) in [6.45, 7) is 13.6. The monoisotopic (exact) mass is 163 g/mol. The molecule has 0 aliphatic heterocycles. The lowest BCUT2D eigenvalue weighted by molar-refractivity contribution is 0.527. The molecule has 0 aromatic heterocycles. The molecule has 0 bridgehead atoms. The predicted octanol–water partition coefficient (Wildman–Crippen LogP) is 3.36. The standard InChI is InChI=1S/C11H17N/c1-6-8-10(9-12-7-2)11(3,4)5/h6-9H,1-2H2,3-5H3/b10-8+,12-9?. The lowest BCUT2D eigenvalue weighted by Crippen LogP contribution is -2.10. The van der Waals surface area contributed by atoms with E-state index in [9.17, 15) is 0 Å². The minimum absolute atomic E-state index is 0.112. The summed E-state index contributed by atoms with van der Waals surface area (Å²) in [6, 6.07) is 0. The van der Waals surface area contributed by atoms with Crippen molar-refractivity contribution in [3.05, 3.63) is 37.1 Å². The van der Waals surface area contributed by atoms with Crippen LogP contribution in [-0.2, 0) is 0 Å². The van der Waals surface area contributed by atoms with Gasteiger partial charge in [-0.05, 0) is 11.0 Å². The summed E-state index contributed by atoms with van der Waals surface area (Å²) < 4.78 is 0. The normalized spacial score (nSPS) is 13.4. The van der Waals surface area contributed by atoms with E-state index in [0.29, 0.717) is 0 Å². The average molecular weight is 163 g/mol. The average Bonchev–Trinajstić information content (AvgIpc) is 1.95. The zero-order chi connectivity index (χ0) is 9.61. The van der Waals surface area contributed by atoms with E-state index < -0.39 is 0 Å². The van der Waals surface area contributed by atoms with Gasteiger partial charge in [-0.3, -0.25) is 4.99 Å². The first-order valence-corrected chi connectivity index (χ1v) is 3.99. The third-order valence-electron chi connectivity index (χ3n) is 1.48. The maximum atomic E-state index is 3.98. The molecule has 0 unspecified atom stereocenters. The van der Waals surface area contributed by atoms with Crippen LogP contribution in [-0.4, -0.2) is 6.21 Å². The molecular weight excluding hydrogens is 146 g/mol. The van der Waals surface area contributed by atoms with Gasteiger partial charge in [0.1, 0.15) is 0 Å². The fourth-order valence-electron chi connectivity index (χ4n) is 0.747. The second-order valence-corrected chi connectivity index (χ2v) is 3.57. The largest absolute Gasteiger partial charge is 0.265 e. The molecule has 0 aliphatic carbocycles. The van der Waals surface area contributed by atoms with Gasteiger partial charge in [-0.1, -0.05) is 46.1 Å². The van der Waals surface area contributed by atoms with Crippen LogP contribution in [0.2, 0.25) is 0 Å². The van der Waals surface area contributed by atoms with Gasteiger partial charge < -0.3 is 0 Å². The van der Waals surface area contributed by atoms with Gasteiger partial charge in [0, 0.05) is 12.4 Å². The van der Waals surface area contributed by atoms with Crippen molar-refractivity contribution < 1.29 is 0 Å². The number of hydrogen-bond donors (Lipinski definition) is 0. The highest BCUT2D eigenvalue weighted by Gasteiger charge is 2.13. The maximum Gasteiger partial charge on any atom is 0.0304 e.